The monoisotopic (exact) mass is 802 g/mol. The van der Waals surface area contributed by atoms with Gasteiger partial charge in [0.1, 0.15) is 0 Å². The van der Waals surface area contributed by atoms with E-state index in [9.17, 15) is 0 Å². The highest BCUT2D eigenvalue weighted by atomic mass is 15.1. The maximum atomic E-state index is 4.23. The molecule has 6 nitrogen and oxygen atoms in total. The predicted octanol–water partition coefficient (Wildman–Crippen LogP) is 7.99. The minimum absolute atomic E-state index is 0.800. The van der Waals surface area contributed by atoms with E-state index in [0.717, 1.165) is 124 Å². The van der Waals surface area contributed by atoms with Gasteiger partial charge in [-0.15, -0.1) is 0 Å². The van der Waals surface area contributed by atoms with Crippen LogP contribution in [0.4, 0.5) is 0 Å². The van der Waals surface area contributed by atoms with Gasteiger partial charge in [-0.05, 0) is 70.8 Å². The third kappa shape index (κ3) is 6.44. The van der Waals surface area contributed by atoms with E-state index in [1.165, 1.54) is 0 Å². The summed E-state index contributed by atoms with van der Waals surface area (Å²) in [4.78, 5) is 20.9. The molecule has 4 aromatic carbocycles. The molecule has 6 heteroatoms. The van der Waals surface area contributed by atoms with E-state index in [0.29, 0.717) is 0 Å². The molecule has 300 valence electrons. The molecular formula is C56H46N6. The molecular weight excluding hydrogens is 757 g/mol. The molecule has 3 aliphatic rings. The number of hydrogen-bond acceptors (Lipinski definition) is 2. The molecule has 0 fully saturated rings. The molecule has 4 N–H and O–H groups in total. The number of fused-ring (bicyclic) bond motifs is 8. The quantitative estimate of drug-likeness (QED) is 0.138. The highest BCUT2D eigenvalue weighted by Crippen LogP contribution is 2.33. The lowest BCUT2D eigenvalue weighted by Gasteiger charge is -2.28. The average Bonchev–Trinajstić information content (AvgIpc) is 4.16. The maximum Gasteiger partial charge on any atom is 0.0587 e. The third-order valence-corrected chi connectivity index (χ3v) is 12.3. The van der Waals surface area contributed by atoms with E-state index in [4.69, 9.17) is 0 Å². The van der Waals surface area contributed by atoms with Crippen LogP contribution in [0, 0.1) is 0 Å². The van der Waals surface area contributed by atoms with Gasteiger partial charge in [-0.1, -0.05) is 146 Å². The molecule has 0 spiro atoms. The van der Waals surface area contributed by atoms with Crippen molar-refractivity contribution in [1.82, 2.24) is 29.7 Å². The zero-order chi connectivity index (χ0) is 41.6. The van der Waals surface area contributed by atoms with Crippen molar-refractivity contribution in [3.63, 3.8) is 0 Å². The zero-order valence-electron chi connectivity index (χ0n) is 34.8. The second-order valence-corrected chi connectivity index (χ2v) is 16.2. The third-order valence-electron chi connectivity index (χ3n) is 12.3. The Balaban J connectivity index is 1.40. The number of aromatic nitrogens is 4. The van der Waals surface area contributed by atoms with E-state index in [1.807, 2.05) is 0 Å². The fourth-order valence-electron chi connectivity index (χ4n) is 9.40. The number of allylic oxidation sites excluding steroid dienone is 4. The Hall–Kier alpha value is -7.96. The molecule has 8 bridgehead atoms. The Morgan fingerprint density at radius 2 is 0.694 bits per heavy atom. The van der Waals surface area contributed by atoms with E-state index in [-0.39, 0.29) is 0 Å². The fraction of sp³-hybridized carbons (Fsp3) is 0.0714. The van der Waals surface area contributed by atoms with Crippen LogP contribution in [0.2, 0.25) is 0 Å². The van der Waals surface area contributed by atoms with Crippen LogP contribution < -0.4 is 21.4 Å². The number of benzene rings is 4. The molecule has 0 amide bonds. The van der Waals surface area contributed by atoms with Crippen molar-refractivity contribution in [3.05, 3.63) is 272 Å². The summed E-state index contributed by atoms with van der Waals surface area (Å²) in [5.74, 6) is 0. The van der Waals surface area contributed by atoms with Crippen molar-refractivity contribution in [2.75, 3.05) is 27.2 Å². The van der Waals surface area contributed by atoms with Crippen molar-refractivity contribution in [1.29, 1.82) is 0 Å². The molecule has 0 atom stereocenters. The van der Waals surface area contributed by atoms with Crippen LogP contribution in [0.1, 0.15) is 56.2 Å². The molecule has 0 saturated carbocycles. The smallest absolute Gasteiger partial charge is 0.0587 e. The number of likely N-dealkylation sites (N-methyl/N-ethyl adjacent to an activating group) is 2. The maximum absolute atomic E-state index is 4.23. The van der Waals surface area contributed by atoms with E-state index in [1.54, 1.807) is 0 Å². The van der Waals surface area contributed by atoms with Crippen molar-refractivity contribution < 1.29 is 0 Å². The summed E-state index contributed by atoms with van der Waals surface area (Å²) in [6.45, 7) is 1.60. The summed E-state index contributed by atoms with van der Waals surface area (Å²) in [6, 6.07) is 56.4. The Labute approximate surface area is 360 Å². The molecule has 0 unspecified atom stereocenters. The van der Waals surface area contributed by atoms with Gasteiger partial charge in [-0.25, -0.2) is 0 Å². The molecule has 62 heavy (non-hydrogen) atoms. The lowest BCUT2D eigenvalue weighted by atomic mass is 9.94. The molecule has 0 saturated heterocycles. The largest absolute Gasteiger partial charge is 0.370 e. The Kier molecular flexibility index (Phi) is 9.31. The topological polar surface area (TPSA) is 69.6 Å². The van der Waals surface area contributed by atoms with E-state index < -0.39 is 0 Å². The summed E-state index contributed by atoms with van der Waals surface area (Å²) in [5.41, 5.74) is 17.5. The van der Waals surface area contributed by atoms with Gasteiger partial charge in [0, 0.05) is 105 Å². The van der Waals surface area contributed by atoms with Gasteiger partial charge in [0.05, 0.1) is 10.7 Å². The van der Waals surface area contributed by atoms with Gasteiger partial charge in [0.2, 0.25) is 0 Å². The number of nitrogens with one attached hydrogen (secondary N) is 4. The molecule has 7 heterocycles. The molecule has 0 aliphatic carbocycles. The van der Waals surface area contributed by atoms with Gasteiger partial charge < -0.3 is 29.7 Å². The highest BCUT2D eigenvalue weighted by molar-refractivity contribution is 5.91. The zero-order valence-corrected chi connectivity index (χ0v) is 34.8. The van der Waals surface area contributed by atoms with Gasteiger partial charge in [-0.3, -0.25) is 0 Å². The van der Waals surface area contributed by atoms with Crippen molar-refractivity contribution in [3.8, 4) is 0 Å². The van der Waals surface area contributed by atoms with Crippen LogP contribution in [-0.2, 0) is 0 Å². The average molecular weight is 803 g/mol. The highest BCUT2D eigenvalue weighted by Gasteiger charge is 2.28. The first kappa shape index (κ1) is 37.1. The second kappa shape index (κ2) is 15.6. The lowest BCUT2D eigenvalue weighted by molar-refractivity contribution is 0.524. The summed E-state index contributed by atoms with van der Waals surface area (Å²) in [6.07, 6.45) is 13.4. The molecule has 3 aliphatic heterocycles. The van der Waals surface area contributed by atoms with Crippen LogP contribution >= 0.6 is 0 Å². The number of H-pyrrole nitrogens is 4. The first-order valence-electron chi connectivity index (χ1n) is 21.3. The first-order chi connectivity index (χ1) is 30.6. The SMILES string of the molecule is CN1CC=CC=C1c1c(C2=CC=CCN2C)c2[nH]c1=C(c1ccccc1)c1ccc([nH]1)C(c1ccccc1)=c1ccc([nH]1)=C(c1ccccc1)c1ccc([nH]1)C=2c1ccccc1. The number of aromatic amines is 4. The number of rotatable bonds is 6. The van der Waals surface area contributed by atoms with Crippen molar-refractivity contribution >= 4 is 33.7 Å². The van der Waals surface area contributed by atoms with E-state index in [2.05, 4.69) is 238 Å². The minimum Gasteiger partial charge on any atom is -0.370 e. The summed E-state index contributed by atoms with van der Waals surface area (Å²) < 4.78 is 0. The summed E-state index contributed by atoms with van der Waals surface area (Å²) in [7, 11) is 4.40. The Morgan fingerprint density at radius 3 is 1.05 bits per heavy atom. The van der Waals surface area contributed by atoms with Crippen LogP contribution in [0.25, 0.3) is 33.7 Å². The Bertz CT molecular complexity index is 3130. The molecule has 4 aromatic heterocycles. The van der Waals surface area contributed by atoms with Gasteiger partial charge >= 0.3 is 0 Å². The van der Waals surface area contributed by atoms with Crippen molar-refractivity contribution in [2.45, 2.75) is 0 Å². The standard InChI is InChI=1S/C56H46N6/c1-61-35-17-15-27-47(61)53-54(48-28-16-18-36-62(48)2)56-52(40-25-13-6-14-26-40)46-34-32-44(59-46)50(38-21-9-4-10-22-38)42-30-29-41(57-42)49(37-19-7-3-8-20-37)43-31-33-45(58-43)51(55(53)60-56)39-23-11-5-12-24-39/h3-34,57-60H,35-36H2,1-2H3. The van der Waals surface area contributed by atoms with Crippen molar-refractivity contribution in [2.24, 2.45) is 0 Å². The van der Waals surface area contributed by atoms with Crippen LogP contribution in [0.5, 0.6) is 0 Å². The molecule has 11 rings (SSSR count). The summed E-state index contributed by atoms with van der Waals surface area (Å²) in [5, 5.41) is 4.13. The molecule has 0 radical (unpaired) electrons. The lowest BCUT2D eigenvalue weighted by Crippen LogP contribution is -2.27. The Morgan fingerprint density at radius 1 is 0.355 bits per heavy atom. The first-order valence-corrected chi connectivity index (χ1v) is 21.3. The number of hydrogen-bond donors (Lipinski definition) is 4. The van der Waals surface area contributed by atoms with E-state index >= 15 is 0 Å². The predicted molar refractivity (Wildman–Crippen MR) is 253 cm³/mol. The normalized spacial score (nSPS) is 15.0. The summed E-state index contributed by atoms with van der Waals surface area (Å²) >= 11 is 0. The van der Waals surface area contributed by atoms with Crippen LogP contribution in [0.15, 0.2) is 194 Å². The van der Waals surface area contributed by atoms with Gasteiger partial charge in [0.25, 0.3) is 0 Å². The van der Waals surface area contributed by atoms with Crippen LogP contribution in [-0.4, -0.2) is 56.9 Å². The van der Waals surface area contributed by atoms with Gasteiger partial charge in [-0.2, -0.15) is 0 Å². The van der Waals surface area contributed by atoms with Crippen LogP contribution in [0.3, 0.4) is 0 Å². The fourth-order valence-corrected chi connectivity index (χ4v) is 9.40. The number of nitrogens with zero attached hydrogens (tertiary/aromatic N) is 2. The van der Waals surface area contributed by atoms with Gasteiger partial charge in [0.15, 0.2) is 0 Å². The molecule has 8 aromatic rings. The minimum atomic E-state index is 0.800. The second-order valence-electron chi connectivity index (χ2n) is 16.2.